The van der Waals surface area contributed by atoms with Crippen LogP contribution in [0.3, 0.4) is 0 Å². The molecule has 0 atom stereocenters. The number of nitrogens with two attached hydrogens (primary N) is 1. The van der Waals surface area contributed by atoms with E-state index in [4.69, 9.17) is 5.73 Å². The molecule has 0 bridgehead atoms. The number of fused-ring (bicyclic) bond motifs is 1. The van der Waals surface area contributed by atoms with Crippen molar-refractivity contribution in [2.75, 3.05) is 39.0 Å². The maximum atomic E-state index is 12.3. The van der Waals surface area contributed by atoms with Crippen molar-refractivity contribution >= 4 is 33.0 Å². The molecule has 0 spiro atoms. The standard InChI is InChI=1S/C14H18N4OS/c1-17-6-8-18(9-7-17)16-14(19)13-12(15)10-4-2-3-5-11(10)20-13/h2-5H,6-9,15H2,1H3,(H,16,19). The smallest absolute Gasteiger partial charge is 0.277 e. The number of thiophene rings is 1. The van der Waals surface area contributed by atoms with E-state index in [1.54, 1.807) is 0 Å². The van der Waals surface area contributed by atoms with Gasteiger partial charge in [0.2, 0.25) is 0 Å². The van der Waals surface area contributed by atoms with Crippen LogP contribution in [0.4, 0.5) is 5.69 Å². The molecule has 106 valence electrons. The Bertz CT molecular complexity index is 631. The number of nitrogens with one attached hydrogen (secondary N) is 1. The van der Waals surface area contributed by atoms with E-state index in [1.165, 1.54) is 11.3 Å². The predicted molar refractivity (Wildman–Crippen MR) is 82.8 cm³/mol. The number of carbonyl (C=O) groups is 1. The number of hydrazine groups is 1. The molecule has 1 aliphatic rings. The Morgan fingerprint density at radius 2 is 1.95 bits per heavy atom. The third-order valence-corrected chi connectivity index (χ3v) is 4.79. The highest BCUT2D eigenvalue weighted by Crippen LogP contribution is 2.33. The van der Waals surface area contributed by atoms with Crippen LogP contribution in [-0.4, -0.2) is 49.0 Å². The van der Waals surface area contributed by atoms with Crippen LogP contribution in [-0.2, 0) is 0 Å². The SMILES string of the molecule is CN1CCN(NC(=O)c2sc3ccccc3c2N)CC1. The highest BCUT2D eigenvalue weighted by Gasteiger charge is 2.20. The molecule has 1 saturated heterocycles. The molecule has 0 radical (unpaired) electrons. The van der Waals surface area contributed by atoms with Crippen molar-refractivity contribution in [3.8, 4) is 0 Å². The van der Waals surface area contributed by atoms with Gasteiger partial charge in [-0.2, -0.15) is 0 Å². The molecule has 1 aliphatic heterocycles. The van der Waals surface area contributed by atoms with Crippen molar-refractivity contribution in [2.45, 2.75) is 0 Å². The number of nitrogen functional groups attached to an aromatic ring is 1. The average Bonchev–Trinajstić information content (AvgIpc) is 2.79. The second-order valence-corrected chi connectivity index (χ2v) is 6.12. The van der Waals surface area contributed by atoms with Crippen LogP contribution in [0.25, 0.3) is 10.1 Å². The lowest BCUT2D eigenvalue weighted by Gasteiger charge is -2.32. The quantitative estimate of drug-likeness (QED) is 0.877. The molecule has 1 amide bonds. The minimum atomic E-state index is -0.103. The molecule has 1 aromatic carbocycles. The third-order valence-electron chi connectivity index (χ3n) is 3.60. The Hall–Kier alpha value is -1.63. The zero-order valence-corrected chi connectivity index (χ0v) is 12.2. The topological polar surface area (TPSA) is 61.6 Å². The zero-order valence-electron chi connectivity index (χ0n) is 11.4. The lowest BCUT2D eigenvalue weighted by Crippen LogP contribution is -2.52. The first-order chi connectivity index (χ1) is 9.65. The molecule has 20 heavy (non-hydrogen) atoms. The van der Waals surface area contributed by atoms with E-state index in [9.17, 15) is 4.79 Å². The third kappa shape index (κ3) is 2.49. The van der Waals surface area contributed by atoms with Crippen molar-refractivity contribution in [3.63, 3.8) is 0 Å². The summed E-state index contributed by atoms with van der Waals surface area (Å²) in [4.78, 5) is 15.2. The van der Waals surface area contributed by atoms with Gasteiger partial charge in [0, 0.05) is 36.3 Å². The summed E-state index contributed by atoms with van der Waals surface area (Å²) in [5, 5.41) is 2.92. The van der Waals surface area contributed by atoms with Gasteiger partial charge in [-0.15, -0.1) is 11.3 Å². The molecule has 1 fully saturated rings. The summed E-state index contributed by atoms with van der Waals surface area (Å²) in [5.74, 6) is -0.103. The number of amides is 1. The Morgan fingerprint density at radius 1 is 1.25 bits per heavy atom. The molecule has 2 aromatic rings. The van der Waals surface area contributed by atoms with E-state index in [0.717, 1.165) is 36.3 Å². The highest BCUT2D eigenvalue weighted by molar-refractivity contribution is 7.21. The van der Waals surface area contributed by atoms with Crippen LogP contribution < -0.4 is 11.2 Å². The summed E-state index contributed by atoms with van der Waals surface area (Å²) in [6.07, 6.45) is 0. The van der Waals surface area contributed by atoms with Crippen LogP contribution in [0.1, 0.15) is 9.67 Å². The first-order valence-electron chi connectivity index (χ1n) is 6.66. The Morgan fingerprint density at radius 3 is 2.65 bits per heavy atom. The van der Waals surface area contributed by atoms with Crippen molar-refractivity contribution in [2.24, 2.45) is 0 Å². The number of rotatable bonds is 2. The summed E-state index contributed by atoms with van der Waals surface area (Å²) < 4.78 is 1.05. The zero-order chi connectivity index (χ0) is 14.1. The van der Waals surface area contributed by atoms with Crippen LogP contribution in [0, 0.1) is 0 Å². The minimum Gasteiger partial charge on any atom is -0.397 e. The molecule has 6 heteroatoms. The number of likely N-dealkylation sites (N-methyl/N-ethyl adjacent to an activating group) is 1. The van der Waals surface area contributed by atoms with Crippen LogP contribution in [0.5, 0.6) is 0 Å². The Labute approximate surface area is 121 Å². The maximum absolute atomic E-state index is 12.3. The van der Waals surface area contributed by atoms with E-state index < -0.39 is 0 Å². The van der Waals surface area contributed by atoms with Crippen LogP contribution in [0.15, 0.2) is 24.3 Å². The molecule has 2 heterocycles. The van der Waals surface area contributed by atoms with Gasteiger partial charge in [0.15, 0.2) is 0 Å². The van der Waals surface area contributed by atoms with Gasteiger partial charge in [-0.1, -0.05) is 18.2 Å². The fourth-order valence-electron chi connectivity index (χ4n) is 2.35. The fraction of sp³-hybridized carbons (Fsp3) is 0.357. The molecular weight excluding hydrogens is 272 g/mol. The summed E-state index contributed by atoms with van der Waals surface area (Å²) >= 11 is 1.45. The van der Waals surface area contributed by atoms with E-state index in [-0.39, 0.29) is 5.91 Å². The molecule has 0 unspecified atom stereocenters. The number of hydrogen-bond donors (Lipinski definition) is 2. The lowest BCUT2D eigenvalue weighted by molar-refractivity contribution is 0.0667. The van der Waals surface area contributed by atoms with Crippen molar-refractivity contribution in [3.05, 3.63) is 29.1 Å². The number of hydrogen-bond acceptors (Lipinski definition) is 5. The number of nitrogens with zero attached hydrogens (tertiary/aromatic N) is 2. The van der Waals surface area contributed by atoms with Gasteiger partial charge in [0.1, 0.15) is 4.88 Å². The van der Waals surface area contributed by atoms with Crippen LogP contribution >= 0.6 is 11.3 Å². The number of carbonyl (C=O) groups excluding carboxylic acids is 1. The van der Waals surface area contributed by atoms with E-state index in [1.807, 2.05) is 29.3 Å². The van der Waals surface area contributed by atoms with Crippen LogP contribution in [0.2, 0.25) is 0 Å². The van der Waals surface area contributed by atoms with Crippen molar-refractivity contribution in [1.82, 2.24) is 15.3 Å². The molecule has 0 aliphatic carbocycles. The summed E-state index contributed by atoms with van der Waals surface area (Å²) in [6, 6.07) is 7.84. The first-order valence-corrected chi connectivity index (χ1v) is 7.48. The minimum absolute atomic E-state index is 0.103. The molecule has 0 saturated carbocycles. The maximum Gasteiger partial charge on any atom is 0.277 e. The van der Waals surface area contributed by atoms with Gasteiger partial charge >= 0.3 is 0 Å². The van der Waals surface area contributed by atoms with E-state index in [0.29, 0.717) is 10.6 Å². The number of piperazine rings is 1. The summed E-state index contributed by atoms with van der Waals surface area (Å²) in [7, 11) is 2.09. The predicted octanol–water partition coefficient (Wildman–Crippen LogP) is 1.38. The van der Waals surface area contributed by atoms with Gasteiger partial charge in [-0.25, -0.2) is 5.01 Å². The highest BCUT2D eigenvalue weighted by atomic mass is 32.1. The van der Waals surface area contributed by atoms with Crippen molar-refractivity contribution < 1.29 is 4.79 Å². The van der Waals surface area contributed by atoms with Gasteiger partial charge in [-0.05, 0) is 13.1 Å². The van der Waals surface area contributed by atoms with Gasteiger partial charge in [-0.3, -0.25) is 10.2 Å². The lowest BCUT2D eigenvalue weighted by atomic mass is 10.2. The van der Waals surface area contributed by atoms with Gasteiger partial charge in [0.05, 0.1) is 5.69 Å². The molecule has 1 aromatic heterocycles. The Balaban J connectivity index is 1.77. The first kappa shape index (κ1) is 13.4. The van der Waals surface area contributed by atoms with Gasteiger partial charge < -0.3 is 10.6 Å². The molecule has 5 nitrogen and oxygen atoms in total. The normalized spacial score (nSPS) is 17.4. The van der Waals surface area contributed by atoms with Crippen molar-refractivity contribution in [1.29, 1.82) is 0 Å². The molecule has 3 N–H and O–H groups in total. The molecular formula is C14H18N4OS. The number of anilines is 1. The largest absolute Gasteiger partial charge is 0.397 e. The second-order valence-electron chi connectivity index (χ2n) is 5.07. The number of benzene rings is 1. The fourth-order valence-corrected chi connectivity index (χ4v) is 3.36. The Kier molecular flexibility index (Phi) is 3.60. The second kappa shape index (κ2) is 5.40. The summed E-state index contributed by atoms with van der Waals surface area (Å²) in [6.45, 7) is 3.60. The van der Waals surface area contributed by atoms with E-state index in [2.05, 4.69) is 17.4 Å². The average molecular weight is 290 g/mol. The van der Waals surface area contributed by atoms with E-state index >= 15 is 0 Å². The molecule has 3 rings (SSSR count). The summed E-state index contributed by atoms with van der Waals surface area (Å²) in [5.41, 5.74) is 9.63. The van der Waals surface area contributed by atoms with Gasteiger partial charge in [0.25, 0.3) is 5.91 Å². The monoisotopic (exact) mass is 290 g/mol.